The van der Waals surface area contributed by atoms with E-state index >= 15 is 0 Å². The molecule has 1 aliphatic heterocycles. The highest BCUT2D eigenvalue weighted by Gasteiger charge is 2.22. The van der Waals surface area contributed by atoms with Gasteiger partial charge in [0.1, 0.15) is 0 Å². The van der Waals surface area contributed by atoms with Gasteiger partial charge in [0.05, 0.1) is 11.0 Å². The van der Waals surface area contributed by atoms with Gasteiger partial charge < -0.3 is 16.0 Å². The summed E-state index contributed by atoms with van der Waals surface area (Å²) in [7, 11) is 0. The van der Waals surface area contributed by atoms with E-state index in [1.54, 1.807) is 0 Å². The van der Waals surface area contributed by atoms with Crippen molar-refractivity contribution in [1.82, 2.24) is 15.3 Å². The number of anilines is 2. The van der Waals surface area contributed by atoms with Crippen LogP contribution >= 0.6 is 0 Å². The molecule has 18 heavy (non-hydrogen) atoms. The fourth-order valence-electron chi connectivity index (χ4n) is 2.37. The molecule has 0 bridgehead atoms. The summed E-state index contributed by atoms with van der Waals surface area (Å²) in [5.74, 6) is 1.32. The van der Waals surface area contributed by atoms with E-state index in [-0.39, 0.29) is 0 Å². The molecule has 0 radical (unpaired) electrons. The SMILES string of the molecule is C[C@@H]1CNCCN1c1nc2ccccc2nc1N. The smallest absolute Gasteiger partial charge is 0.172 e. The molecule has 0 saturated carbocycles. The number of hydrogen-bond donors (Lipinski definition) is 2. The van der Waals surface area contributed by atoms with Crippen LogP contribution in [0.4, 0.5) is 11.6 Å². The number of aromatic nitrogens is 2. The van der Waals surface area contributed by atoms with Crippen LogP contribution in [-0.2, 0) is 0 Å². The molecule has 0 unspecified atom stereocenters. The Hall–Kier alpha value is -1.88. The Labute approximate surface area is 106 Å². The van der Waals surface area contributed by atoms with Crippen molar-refractivity contribution < 1.29 is 0 Å². The van der Waals surface area contributed by atoms with Gasteiger partial charge in [0, 0.05) is 25.7 Å². The zero-order valence-corrected chi connectivity index (χ0v) is 10.4. The largest absolute Gasteiger partial charge is 0.381 e. The van der Waals surface area contributed by atoms with Crippen LogP contribution in [0.2, 0.25) is 0 Å². The Morgan fingerprint density at radius 3 is 2.72 bits per heavy atom. The van der Waals surface area contributed by atoms with Crippen LogP contribution in [0.25, 0.3) is 11.0 Å². The van der Waals surface area contributed by atoms with Crippen molar-refractivity contribution in [2.75, 3.05) is 30.3 Å². The lowest BCUT2D eigenvalue weighted by Crippen LogP contribution is -2.50. The number of nitrogen functional groups attached to an aromatic ring is 1. The molecule has 1 aromatic heterocycles. The second kappa shape index (κ2) is 4.42. The van der Waals surface area contributed by atoms with E-state index in [2.05, 4.69) is 27.1 Å². The quantitative estimate of drug-likeness (QED) is 0.782. The molecule has 0 spiro atoms. The van der Waals surface area contributed by atoms with Crippen LogP contribution in [0, 0.1) is 0 Å². The molecule has 3 N–H and O–H groups in total. The van der Waals surface area contributed by atoms with E-state index in [4.69, 9.17) is 5.73 Å². The fraction of sp³-hybridized carbons (Fsp3) is 0.385. The lowest BCUT2D eigenvalue weighted by molar-refractivity contribution is 0.498. The molecule has 2 heterocycles. The van der Waals surface area contributed by atoms with Gasteiger partial charge in [-0.1, -0.05) is 12.1 Å². The van der Waals surface area contributed by atoms with Gasteiger partial charge in [-0.15, -0.1) is 0 Å². The average Bonchev–Trinajstić information content (AvgIpc) is 2.39. The molecule has 5 heteroatoms. The molecule has 94 valence electrons. The first-order valence-electron chi connectivity index (χ1n) is 6.25. The van der Waals surface area contributed by atoms with Crippen LogP contribution in [-0.4, -0.2) is 35.6 Å². The standard InChI is InChI=1S/C13H17N5/c1-9-8-15-6-7-18(9)13-12(14)16-10-4-2-3-5-11(10)17-13/h2-5,9,15H,6-8H2,1H3,(H2,14,16)/t9-/m1/s1. The molecule has 2 aromatic rings. The van der Waals surface area contributed by atoms with Gasteiger partial charge in [-0.25, -0.2) is 9.97 Å². The number of nitrogens with two attached hydrogens (primary N) is 1. The second-order valence-corrected chi connectivity index (χ2v) is 4.67. The summed E-state index contributed by atoms with van der Waals surface area (Å²) in [6.45, 7) is 4.99. The van der Waals surface area contributed by atoms with Crippen molar-refractivity contribution in [2.45, 2.75) is 13.0 Å². The van der Waals surface area contributed by atoms with Gasteiger partial charge in [0.15, 0.2) is 11.6 Å². The van der Waals surface area contributed by atoms with Crippen LogP contribution in [0.3, 0.4) is 0 Å². The molecule has 1 aromatic carbocycles. The average molecular weight is 243 g/mol. The Bertz CT molecular complexity index is 568. The number of hydrogen-bond acceptors (Lipinski definition) is 5. The number of nitrogens with one attached hydrogen (secondary N) is 1. The second-order valence-electron chi connectivity index (χ2n) is 4.67. The predicted molar refractivity (Wildman–Crippen MR) is 73.6 cm³/mol. The van der Waals surface area contributed by atoms with Gasteiger partial charge in [0.25, 0.3) is 0 Å². The molecular formula is C13H17N5. The van der Waals surface area contributed by atoms with Crippen molar-refractivity contribution in [1.29, 1.82) is 0 Å². The van der Waals surface area contributed by atoms with Gasteiger partial charge in [-0.3, -0.25) is 0 Å². The van der Waals surface area contributed by atoms with E-state index in [1.165, 1.54) is 0 Å². The number of rotatable bonds is 1. The van der Waals surface area contributed by atoms with E-state index in [1.807, 2.05) is 24.3 Å². The molecule has 1 atom stereocenters. The lowest BCUT2D eigenvalue weighted by atomic mass is 10.2. The first-order valence-corrected chi connectivity index (χ1v) is 6.25. The van der Waals surface area contributed by atoms with Gasteiger partial charge in [-0.05, 0) is 19.1 Å². The van der Waals surface area contributed by atoms with E-state index in [9.17, 15) is 0 Å². The van der Waals surface area contributed by atoms with Gasteiger partial charge in [0.2, 0.25) is 0 Å². The first kappa shape index (κ1) is 11.2. The maximum absolute atomic E-state index is 6.04. The van der Waals surface area contributed by atoms with Crippen LogP contribution in [0.1, 0.15) is 6.92 Å². The van der Waals surface area contributed by atoms with Crippen molar-refractivity contribution in [3.63, 3.8) is 0 Å². The van der Waals surface area contributed by atoms with E-state index < -0.39 is 0 Å². The summed E-state index contributed by atoms with van der Waals surface area (Å²) in [5.41, 5.74) is 7.79. The first-order chi connectivity index (χ1) is 8.75. The monoisotopic (exact) mass is 243 g/mol. The zero-order valence-electron chi connectivity index (χ0n) is 10.4. The van der Waals surface area contributed by atoms with Crippen molar-refractivity contribution in [3.05, 3.63) is 24.3 Å². The van der Waals surface area contributed by atoms with Gasteiger partial charge >= 0.3 is 0 Å². The summed E-state index contributed by atoms with van der Waals surface area (Å²) < 4.78 is 0. The molecular weight excluding hydrogens is 226 g/mol. The summed E-state index contributed by atoms with van der Waals surface area (Å²) >= 11 is 0. The highest BCUT2D eigenvalue weighted by atomic mass is 15.3. The summed E-state index contributed by atoms with van der Waals surface area (Å²) in [4.78, 5) is 11.3. The predicted octanol–water partition coefficient (Wildman–Crippen LogP) is 1.01. The molecule has 0 aliphatic carbocycles. The molecule has 0 amide bonds. The highest BCUT2D eigenvalue weighted by Crippen LogP contribution is 2.24. The molecule has 1 aliphatic rings. The molecule has 5 nitrogen and oxygen atoms in total. The van der Waals surface area contributed by atoms with Crippen LogP contribution < -0.4 is 16.0 Å². The third-order valence-corrected chi connectivity index (χ3v) is 3.35. The van der Waals surface area contributed by atoms with Crippen molar-refractivity contribution in [2.24, 2.45) is 0 Å². The van der Waals surface area contributed by atoms with Crippen molar-refractivity contribution in [3.8, 4) is 0 Å². The van der Waals surface area contributed by atoms with Crippen molar-refractivity contribution >= 4 is 22.7 Å². The molecule has 1 fully saturated rings. The van der Waals surface area contributed by atoms with E-state index in [0.29, 0.717) is 11.9 Å². The topological polar surface area (TPSA) is 67.1 Å². The number of fused-ring (bicyclic) bond motifs is 1. The van der Waals surface area contributed by atoms with Gasteiger partial charge in [-0.2, -0.15) is 0 Å². The fourth-order valence-corrected chi connectivity index (χ4v) is 2.37. The zero-order chi connectivity index (χ0) is 12.5. The van der Waals surface area contributed by atoms with Crippen LogP contribution in [0.15, 0.2) is 24.3 Å². The third kappa shape index (κ3) is 1.86. The third-order valence-electron chi connectivity index (χ3n) is 3.35. The Kier molecular flexibility index (Phi) is 2.76. The number of benzene rings is 1. The minimum Gasteiger partial charge on any atom is -0.381 e. The Balaban J connectivity index is 2.07. The maximum Gasteiger partial charge on any atom is 0.172 e. The summed E-state index contributed by atoms with van der Waals surface area (Å²) in [5, 5.41) is 3.36. The Morgan fingerprint density at radius 2 is 2.00 bits per heavy atom. The maximum atomic E-state index is 6.04. The lowest BCUT2D eigenvalue weighted by Gasteiger charge is -2.35. The summed E-state index contributed by atoms with van der Waals surface area (Å²) in [6, 6.07) is 8.21. The molecule has 1 saturated heterocycles. The minimum atomic E-state index is 0.386. The number of piperazine rings is 1. The molecule has 3 rings (SSSR count). The normalized spacial score (nSPS) is 20.3. The number of nitrogens with zero attached hydrogens (tertiary/aromatic N) is 3. The number of para-hydroxylation sites is 2. The summed E-state index contributed by atoms with van der Waals surface area (Å²) in [6.07, 6.45) is 0. The van der Waals surface area contributed by atoms with Crippen LogP contribution in [0.5, 0.6) is 0 Å². The highest BCUT2D eigenvalue weighted by molar-refractivity contribution is 5.79. The van der Waals surface area contributed by atoms with E-state index in [0.717, 1.165) is 36.5 Å². The minimum absolute atomic E-state index is 0.386. The Morgan fingerprint density at radius 1 is 1.28 bits per heavy atom.